The highest BCUT2D eigenvalue weighted by atomic mass is 14.9. The lowest BCUT2D eigenvalue weighted by Gasteiger charge is -2.32. The summed E-state index contributed by atoms with van der Waals surface area (Å²) < 4.78 is 0. The van der Waals surface area contributed by atoms with Crippen molar-refractivity contribution in [2.75, 3.05) is 11.9 Å². The summed E-state index contributed by atoms with van der Waals surface area (Å²) in [7, 11) is 0. The maximum atomic E-state index is 3.58. The lowest BCUT2D eigenvalue weighted by molar-refractivity contribution is 0.412. The number of nitrogens with one attached hydrogen (secondary N) is 1. The zero-order chi connectivity index (χ0) is 11.0. The number of rotatable bonds is 1. The van der Waals surface area contributed by atoms with Gasteiger partial charge in [0, 0.05) is 12.2 Å². The van der Waals surface area contributed by atoms with Gasteiger partial charge in [-0.05, 0) is 49.1 Å². The molecule has 2 aliphatic rings. The van der Waals surface area contributed by atoms with Crippen LogP contribution in [0.5, 0.6) is 0 Å². The summed E-state index contributed by atoms with van der Waals surface area (Å²) >= 11 is 0. The lowest BCUT2D eigenvalue weighted by atomic mass is 9.79. The van der Waals surface area contributed by atoms with E-state index in [1.165, 1.54) is 49.9 Å². The van der Waals surface area contributed by atoms with Crippen LogP contribution in [-0.4, -0.2) is 6.54 Å². The number of hydrogen-bond acceptors (Lipinski definition) is 1. The van der Waals surface area contributed by atoms with Gasteiger partial charge in [-0.1, -0.05) is 31.0 Å². The molecular weight excluding hydrogens is 194 g/mol. The van der Waals surface area contributed by atoms with E-state index in [1.807, 2.05) is 0 Å². The quantitative estimate of drug-likeness (QED) is 0.744. The van der Waals surface area contributed by atoms with Crippen molar-refractivity contribution >= 4 is 5.69 Å². The van der Waals surface area contributed by atoms with E-state index in [-0.39, 0.29) is 0 Å². The van der Waals surface area contributed by atoms with Crippen molar-refractivity contribution in [2.24, 2.45) is 5.92 Å². The van der Waals surface area contributed by atoms with Crippen molar-refractivity contribution in [3.63, 3.8) is 0 Å². The molecule has 86 valence electrons. The van der Waals surface area contributed by atoms with Gasteiger partial charge in [-0.3, -0.25) is 0 Å². The van der Waals surface area contributed by atoms with Gasteiger partial charge in [0.05, 0.1) is 0 Å². The van der Waals surface area contributed by atoms with Crippen molar-refractivity contribution < 1.29 is 0 Å². The first kappa shape index (κ1) is 10.2. The number of fused-ring (bicyclic) bond motifs is 1. The monoisotopic (exact) mass is 215 g/mol. The number of para-hydroxylation sites is 1. The molecule has 1 aliphatic heterocycles. The molecule has 1 saturated carbocycles. The van der Waals surface area contributed by atoms with Gasteiger partial charge in [-0.2, -0.15) is 0 Å². The Morgan fingerprint density at radius 2 is 1.94 bits per heavy atom. The third-order valence-electron chi connectivity index (χ3n) is 4.43. The highest BCUT2D eigenvalue weighted by Gasteiger charge is 2.30. The molecule has 1 atom stereocenters. The number of anilines is 1. The van der Waals surface area contributed by atoms with Crippen LogP contribution >= 0.6 is 0 Å². The minimum atomic E-state index is 0.832. The third-order valence-corrected chi connectivity index (χ3v) is 4.43. The van der Waals surface area contributed by atoms with Gasteiger partial charge < -0.3 is 5.32 Å². The van der Waals surface area contributed by atoms with E-state index in [4.69, 9.17) is 0 Å². The second-order valence-corrected chi connectivity index (χ2v) is 5.41. The maximum Gasteiger partial charge on any atom is 0.0405 e. The molecule has 16 heavy (non-hydrogen) atoms. The zero-order valence-electron chi connectivity index (χ0n) is 10.1. The molecule has 1 N–H and O–H groups in total. The molecule has 3 rings (SSSR count). The molecule has 0 bridgehead atoms. The van der Waals surface area contributed by atoms with Crippen LogP contribution in [-0.2, 0) is 0 Å². The molecule has 1 aliphatic carbocycles. The maximum absolute atomic E-state index is 3.58. The average Bonchev–Trinajstić information content (AvgIpc) is 2.82. The molecule has 1 aromatic rings. The van der Waals surface area contributed by atoms with Crippen LogP contribution < -0.4 is 5.32 Å². The summed E-state index contributed by atoms with van der Waals surface area (Å²) in [5.41, 5.74) is 4.45. The van der Waals surface area contributed by atoms with Crippen LogP contribution in [0.15, 0.2) is 18.2 Å². The van der Waals surface area contributed by atoms with Crippen LogP contribution in [0.25, 0.3) is 0 Å². The van der Waals surface area contributed by atoms with Crippen LogP contribution in [0.4, 0.5) is 5.69 Å². The number of hydrogen-bond donors (Lipinski definition) is 1. The molecule has 0 saturated heterocycles. The van der Waals surface area contributed by atoms with Crippen molar-refractivity contribution in [2.45, 2.75) is 44.9 Å². The first-order valence-electron chi connectivity index (χ1n) is 6.69. The minimum Gasteiger partial charge on any atom is -0.385 e. The molecule has 0 spiro atoms. The Morgan fingerprint density at radius 3 is 2.75 bits per heavy atom. The third kappa shape index (κ3) is 1.63. The molecule has 1 unspecified atom stereocenters. The normalized spacial score (nSPS) is 25.2. The smallest absolute Gasteiger partial charge is 0.0405 e. The summed E-state index contributed by atoms with van der Waals surface area (Å²) in [6.07, 6.45) is 7.16. The summed E-state index contributed by atoms with van der Waals surface area (Å²) in [4.78, 5) is 0. The molecular formula is C15H21N. The predicted molar refractivity (Wildman–Crippen MR) is 69.0 cm³/mol. The van der Waals surface area contributed by atoms with Gasteiger partial charge in [0.1, 0.15) is 0 Å². The molecule has 1 fully saturated rings. The van der Waals surface area contributed by atoms with Gasteiger partial charge in [0.15, 0.2) is 0 Å². The molecule has 0 amide bonds. The van der Waals surface area contributed by atoms with Crippen molar-refractivity contribution in [1.29, 1.82) is 0 Å². The Bertz CT molecular complexity index is 377. The fourth-order valence-electron chi connectivity index (χ4n) is 3.60. The summed E-state index contributed by atoms with van der Waals surface area (Å²) in [6, 6.07) is 6.80. The Morgan fingerprint density at radius 1 is 1.12 bits per heavy atom. The summed E-state index contributed by atoms with van der Waals surface area (Å²) in [6.45, 7) is 3.39. The summed E-state index contributed by atoms with van der Waals surface area (Å²) in [5, 5.41) is 3.58. The standard InChI is InChI=1S/C15H21N/c1-11-5-4-8-14-13(9-10-16-15(11)14)12-6-2-3-7-12/h4-5,8,12-13,16H,2-3,6-7,9-10H2,1H3. The zero-order valence-corrected chi connectivity index (χ0v) is 10.1. The fraction of sp³-hybridized carbons (Fsp3) is 0.600. The first-order valence-corrected chi connectivity index (χ1v) is 6.69. The average molecular weight is 215 g/mol. The Balaban J connectivity index is 1.96. The van der Waals surface area contributed by atoms with E-state index in [2.05, 4.69) is 30.4 Å². The number of aryl methyl sites for hydroxylation is 1. The van der Waals surface area contributed by atoms with Gasteiger partial charge in [0.25, 0.3) is 0 Å². The van der Waals surface area contributed by atoms with E-state index in [0.717, 1.165) is 11.8 Å². The molecule has 1 heterocycles. The predicted octanol–water partition coefficient (Wildman–Crippen LogP) is 4.08. The molecule has 0 aromatic heterocycles. The van der Waals surface area contributed by atoms with Crippen molar-refractivity contribution in [3.8, 4) is 0 Å². The van der Waals surface area contributed by atoms with E-state index in [0.29, 0.717) is 0 Å². The second-order valence-electron chi connectivity index (χ2n) is 5.41. The topological polar surface area (TPSA) is 12.0 Å². The molecule has 1 nitrogen and oxygen atoms in total. The number of benzene rings is 1. The van der Waals surface area contributed by atoms with E-state index >= 15 is 0 Å². The van der Waals surface area contributed by atoms with Crippen LogP contribution in [0.3, 0.4) is 0 Å². The van der Waals surface area contributed by atoms with E-state index in [1.54, 1.807) is 5.56 Å². The lowest BCUT2D eigenvalue weighted by Crippen LogP contribution is -2.22. The molecule has 1 heteroatoms. The highest BCUT2D eigenvalue weighted by Crippen LogP contribution is 2.44. The Labute approximate surface area is 98.3 Å². The summed E-state index contributed by atoms with van der Waals surface area (Å²) in [5.74, 6) is 1.79. The molecule has 0 radical (unpaired) electrons. The largest absolute Gasteiger partial charge is 0.385 e. The van der Waals surface area contributed by atoms with Gasteiger partial charge in [-0.25, -0.2) is 0 Å². The highest BCUT2D eigenvalue weighted by molar-refractivity contribution is 5.60. The van der Waals surface area contributed by atoms with Crippen LogP contribution in [0.1, 0.15) is 49.1 Å². The van der Waals surface area contributed by atoms with E-state index in [9.17, 15) is 0 Å². The SMILES string of the molecule is Cc1cccc2c1NCCC2C1CCCC1. The van der Waals surface area contributed by atoms with Crippen molar-refractivity contribution in [1.82, 2.24) is 0 Å². The van der Waals surface area contributed by atoms with Gasteiger partial charge >= 0.3 is 0 Å². The second kappa shape index (κ2) is 4.12. The van der Waals surface area contributed by atoms with Gasteiger partial charge in [0.2, 0.25) is 0 Å². The van der Waals surface area contributed by atoms with Gasteiger partial charge in [-0.15, -0.1) is 0 Å². The fourth-order valence-corrected chi connectivity index (χ4v) is 3.60. The Kier molecular flexibility index (Phi) is 2.62. The van der Waals surface area contributed by atoms with Crippen LogP contribution in [0, 0.1) is 12.8 Å². The minimum absolute atomic E-state index is 0.832. The van der Waals surface area contributed by atoms with Crippen LogP contribution in [0.2, 0.25) is 0 Å². The molecule has 1 aromatic carbocycles. The first-order chi connectivity index (χ1) is 7.86. The van der Waals surface area contributed by atoms with Crippen molar-refractivity contribution in [3.05, 3.63) is 29.3 Å². The Hall–Kier alpha value is -0.980. The van der Waals surface area contributed by atoms with E-state index < -0.39 is 0 Å².